The average Bonchev–Trinajstić information content (AvgIpc) is 2.88. The topological polar surface area (TPSA) is 41.9 Å². The van der Waals surface area contributed by atoms with Crippen molar-refractivity contribution in [2.24, 2.45) is 0 Å². The number of benzene rings is 1. The third-order valence-electron chi connectivity index (χ3n) is 2.70. The Morgan fingerprint density at radius 2 is 1.83 bits per heavy atom. The van der Waals surface area contributed by atoms with Crippen molar-refractivity contribution in [1.82, 2.24) is 20.4 Å². The molecule has 96 valence electrons. The molecule has 1 aromatic heterocycles. The van der Waals surface area contributed by atoms with Crippen LogP contribution >= 0.6 is 0 Å². The van der Waals surface area contributed by atoms with Gasteiger partial charge in [0.25, 0.3) is 0 Å². The molecule has 2 rings (SSSR count). The molecule has 0 radical (unpaired) electrons. The van der Waals surface area contributed by atoms with Gasteiger partial charge in [0.05, 0.1) is 11.4 Å². The standard InChI is InChI=1S/C14H20N4/c1-2-15-9-10-16-12-13-8-11-18(17-13)14-6-4-3-5-7-14/h3-8,11,15-16H,2,9-10,12H2,1H3. The summed E-state index contributed by atoms with van der Waals surface area (Å²) in [6, 6.07) is 12.2. The van der Waals surface area contributed by atoms with Gasteiger partial charge in [-0.15, -0.1) is 0 Å². The molecule has 18 heavy (non-hydrogen) atoms. The Morgan fingerprint density at radius 1 is 1.06 bits per heavy atom. The molecule has 0 aliphatic carbocycles. The predicted molar refractivity (Wildman–Crippen MR) is 73.8 cm³/mol. The fourth-order valence-electron chi connectivity index (χ4n) is 1.75. The number of hydrogen-bond acceptors (Lipinski definition) is 3. The van der Waals surface area contributed by atoms with Crippen LogP contribution in [-0.2, 0) is 6.54 Å². The van der Waals surface area contributed by atoms with Gasteiger partial charge in [-0.1, -0.05) is 25.1 Å². The molecule has 0 amide bonds. The summed E-state index contributed by atoms with van der Waals surface area (Å²) in [5.41, 5.74) is 2.16. The number of likely N-dealkylation sites (N-methyl/N-ethyl adjacent to an activating group) is 1. The van der Waals surface area contributed by atoms with Crippen LogP contribution in [-0.4, -0.2) is 29.4 Å². The first-order valence-corrected chi connectivity index (χ1v) is 6.41. The molecule has 0 saturated heterocycles. The van der Waals surface area contributed by atoms with Crippen LogP contribution in [0.15, 0.2) is 42.6 Å². The number of rotatable bonds is 7. The van der Waals surface area contributed by atoms with Gasteiger partial charge in [-0.3, -0.25) is 0 Å². The second-order valence-electron chi connectivity index (χ2n) is 4.12. The molecule has 2 aromatic rings. The summed E-state index contributed by atoms with van der Waals surface area (Å²) in [4.78, 5) is 0. The molecule has 0 unspecified atom stereocenters. The second-order valence-corrected chi connectivity index (χ2v) is 4.12. The van der Waals surface area contributed by atoms with E-state index in [0.717, 1.165) is 37.6 Å². The number of nitrogens with one attached hydrogen (secondary N) is 2. The Morgan fingerprint density at radius 3 is 2.61 bits per heavy atom. The Hall–Kier alpha value is -1.65. The van der Waals surface area contributed by atoms with Crippen molar-refractivity contribution >= 4 is 0 Å². The van der Waals surface area contributed by atoms with Gasteiger partial charge in [0.2, 0.25) is 0 Å². The first-order valence-electron chi connectivity index (χ1n) is 6.41. The zero-order chi connectivity index (χ0) is 12.6. The maximum Gasteiger partial charge on any atom is 0.0766 e. The van der Waals surface area contributed by atoms with Crippen LogP contribution in [0.5, 0.6) is 0 Å². The fraction of sp³-hybridized carbons (Fsp3) is 0.357. The van der Waals surface area contributed by atoms with Crippen molar-refractivity contribution in [3.63, 3.8) is 0 Å². The SMILES string of the molecule is CCNCCNCc1ccn(-c2ccccc2)n1. The van der Waals surface area contributed by atoms with Crippen molar-refractivity contribution in [3.05, 3.63) is 48.3 Å². The zero-order valence-corrected chi connectivity index (χ0v) is 10.8. The molecule has 0 fully saturated rings. The van der Waals surface area contributed by atoms with Gasteiger partial charge < -0.3 is 10.6 Å². The lowest BCUT2D eigenvalue weighted by molar-refractivity contribution is 0.615. The summed E-state index contributed by atoms with van der Waals surface area (Å²) in [6.45, 7) is 5.90. The second kappa shape index (κ2) is 6.93. The van der Waals surface area contributed by atoms with E-state index >= 15 is 0 Å². The van der Waals surface area contributed by atoms with Crippen molar-refractivity contribution < 1.29 is 0 Å². The Balaban J connectivity index is 1.83. The average molecular weight is 244 g/mol. The molecule has 2 N–H and O–H groups in total. The van der Waals surface area contributed by atoms with Crippen molar-refractivity contribution in [2.45, 2.75) is 13.5 Å². The summed E-state index contributed by atoms with van der Waals surface area (Å²) in [6.07, 6.45) is 2.00. The molecule has 0 atom stereocenters. The minimum atomic E-state index is 0.811. The molecule has 0 bridgehead atoms. The molecule has 4 nitrogen and oxygen atoms in total. The first-order chi connectivity index (χ1) is 8.90. The van der Waals surface area contributed by atoms with Gasteiger partial charge in [-0.05, 0) is 24.7 Å². The Bertz CT molecular complexity index is 450. The molecule has 0 spiro atoms. The highest BCUT2D eigenvalue weighted by atomic mass is 15.3. The maximum absolute atomic E-state index is 4.53. The van der Waals surface area contributed by atoms with E-state index in [1.807, 2.05) is 35.1 Å². The monoisotopic (exact) mass is 244 g/mol. The largest absolute Gasteiger partial charge is 0.316 e. The van der Waals surface area contributed by atoms with Crippen molar-refractivity contribution in [2.75, 3.05) is 19.6 Å². The highest BCUT2D eigenvalue weighted by Gasteiger charge is 1.99. The minimum Gasteiger partial charge on any atom is -0.316 e. The van der Waals surface area contributed by atoms with E-state index in [4.69, 9.17) is 0 Å². The number of hydrogen-bond donors (Lipinski definition) is 2. The summed E-state index contributed by atoms with van der Waals surface area (Å²) in [5, 5.41) is 11.2. The van der Waals surface area contributed by atoms with E-state index in [1.54, 1.807) is 0 Å². The van der Waals surface area contributed by atoms with E-state index in [9.17, 15) is 0 Å². The van der Waals surface area contributed by atoms with E-state index in [-0.39, 0.29) is 0 Å². The van der Waals surface area contributed by atoms with E-state index in [0.29, 0.717) is 0 Å². The summed E-state index contributed by atoms with van der Waals surface area (Å²) < 4.78 is 1.90. The van der Waals surface area contributed by atoms with Crippen LogP contribution in [0.1, 0.15) is 12.6 Å². The van der Waals surface area contributed by atoms with Gasteiger partial charge >= 0.3 is 0 Å². The molecule has 0 saturated carbocycles. The molecule has 1 heterocycles. The van der Waals surface area contributed by atoms with Crippen LogP contribution in [0.2, 0.25) is 0 Å². The minimum absolute atomic E-state index is 0.811. The normalized spacial score (nSPS) is 10.7. The summed E-state index contributed by atoms with van der Waals surface area (Å²) in [7, 11) is 0. The van der Waals surface area contributed by atoms with Crippen LogP contribution < -0.4 is 10.6 Å². The molecule has 0 aliphatic rings. The van der Waals surface area contributed by atoms with Crippen LogP contribution in [0.25, 0.3) is 5.69 Å². The van der Waals surface area contributed by atoms with Crippen LogP contribution in [0.3, 0.4) is 0 Å². The number of para-hydroxylation sites is 1. The smallest absolute Gasteiger partial charge is 0.0766 e. The van der Waals surface area contributed by atoms with Gasteiger partial charge in [0, 0.05) is 25.8 Å². The number of nitrogens with zero attached hydrogens (tertiary/aromatic N) is 2. The highest BCUT2D eigenvalue weighted by Crippen LogP contribution is 2.06. The highest BCUT2D eigenvalue weighted by molar-refractivity contribution is 5.30. The van der Waals surface area contributed by atoms with E-state index < -0.39 is 0 Å². The van der Waals surface area contributed by atoms with Gasteiger partial charge in [0.15, 0.2) is 0 Å². The molecular formula is C14H20N4. The van der Waals surface area contributed by atoms with Gasteiger partial charge in [0.1, 0.15) is 0 Å². The molecule has 1 aromatic carbocycles. The maximum atomic E-state index is 4.53. The fourth-order valence-corrected chi connectivity index (χ4v) is 1.75. The molecule has 4 heteroatoms. The van der Waals surface area contributed by atoms with Crippen LogP contribution in [0, 0.1) is 0 Å². The lowest BCUT2D eigenvalue weighted by Crippen LogP contribution is -2.26. The third kappa shape index (κ3) is 3.68. The Labute approximate surface area is 108 Å². The van der Waals surface area contributed by atoms with E-state index in [1.165, 1.54) is 0 Å². The third-order valence-corrected chi connectivity index (χ3v) is 2.70. The van der Waals surface area contributed by atoms with Gasteiger partial charge in [-0.25, -0.2) is 4.68 Å². The predicted octanol–water partition coefficient (Wildman–Crippen LogP) is 1.57. The Kier molecular flexibility index (Phi) is 4.93. The van der Waals surface area contributed by atoms with E-state index in [2.05, 4.69) is 34.8 Å². The summed E-state index contributed by atoms with van der Waals surface area (Å²) in [5.74, 6) is 0. The zero-order valence-electron chi connectivity index (χ0n) is 10.8. The van der Waals surface area contributed by atoms with Crippen molar-refractivity contribution in [1.29, 1.82) is 0 Å². The lowest BCUT2D eigenvalue weighted by atomic mass is 10.3. The van der Waals surface area contributed by atoms with Gasteiger partial charge in [-0.2, -0.15) is 5.10 Å². The summed E-state index contributed by atoms with van der Waals surface area (Å²) >= 11 is 0. The molecule has 0 aliphatic heterocycles. The van der Waals surface area contributed by atoms with Crippen LogP contribution in [0.4, 0.5) is 0 Å². The number of aromatic nitrogens is 2. The first kappa shape index (κ1) is 12.8. The lowest BCUT2D eigenvalue weighted by Gasteiger charge is -2.03. The molecular weight excluding hydrogens is 224 g/mol. The quantitative estimate of drug-likeness (QED) is 0.727. The van der Waals surface area contributed by atoms with Crippen molar-refractivity contribution in [3.8, 4) is 5.69 Å².